The van der Waals surface area contributed by atoms with Crippen LogP contribution in [0.5, 0.6) is 11.5 Å². The third-order valence-corrected chi connectivity index (χ3v) is 5.13. The summed E-state index contributed by atoms with van der Waals surface area (Å²) >= 11 is 1.46. The Balaban J connectivity index is 1.54. The maximum absolute atomic E-state index is 12.2. The molecule has 1 amide bonds. The van der Waals surface area contributed by atoms with Crippen molar-refractivity contribution >= 4 is 23.5 Å². The molecule has 0 radical (unpaired) electrons. The number of carbonyl (C=O) groups is 1. The van der Waals surface area contributed by atoms with Crippen molar-refractivity contribution in [3.8, 4) is 22.8 Å². The smallest absolute Gasteiger partial charge is 0.246 e. The maximum Gasteiger partial charge on any atom is 0.246 e. The van der Waals surface area contributed by atoms with E-state index >= 15 is 0 Å². The maximum atomic E-state index is 12.2. The van der Waals surface area contributed by atoms with Gasteiger partial charge < -0.3 is 9.47 Å². The SMILES string of the molecule is CCCCOc1ccc(/C=N\NC(=O)Cc2nc(-c3ccccc3)cs2)cc1OC. The van der Waals surface area contributed by atoms with Gasteiger partial charge in [-0.15, -0.1) is 11.3 Å². The number of aromatic nitrogens is 1. The van der Waals surface area contributed by atoms with Gasteiger partial charge in [-0.05, 0) is 30.2 Å². The Morgan fingerprint density at radius 1 is 1.20 bits per heavy atom. The van der Waals surface area contributed by atoms with Gasteiger partial charge in [0.1, 0.15) is 5.01 Å². The molecule has 0 spiro atoms. The molecule has 0 bridgehead atoms. The lowest BCUT2D eigenvalue weighted by Gasteiger charge is -2.10. The molecule has 0 unspecified atom stereocenters. The first-order chi connectivity index (χ1) is 14.7. The number of carbonyl (C=O) groups excluding carboxylic acids is 1. The zero-order valence-corrected chi connectivity index (χ0v) is 17.9. The van der Waals surface area contributed by atoms with Crippen LogP contribution in [0.4, 0.5) is 0 Å². The Morgan fingerprint density at radius 3 is 2.80 bits per heavy atom. The number of nitrogens with zero attached hydrogens (tertiary/aromatic N) is 2. The lowest BCUT2D eigenvalue weighted by atomic mass is 10.2. The largest absolute Gasteiger partial charge is 0.493 e. The van der Waals surface area contributed by atoms with Crippen LogP contribution in [0, 0.1) is 0 Å². The van der Waals surface area contributed by atoms with Crippen molar-refractivity contribution in [2.45, 2.75) is 26.2 Å². The summed E-state index contributed by atoms with van der Waals surface area (Å²) in [5, 5.41) is 6.74. The molecule has 3 rings (SSSR count). The molecule has 156 valence electrons. The van der Waals surface area contributed by atoms with Crippen molar-refractivity contribution in [1.29, 1.82) is 0 Å². The highest BCUT2D eigenvalue weighted by Gasteiger charge is 2.09. The first kappa shape index (κ1) is 21.5. The van der Waals surface area contributed by atoms with Gasteiger partial charge in [0.05, 0.1) is 32.0 Å². The van der Waals surface area contributed by atoms with Gasteiger partial charge in [0.15, 0.2) is 11.5 Å². The van der Waals surface area contributed by atoms with E-state index < -0.39 is 0 Å². The first-order valence-corrected chi connectivity index (χ1v) is 10.7. The van der Waals surface area contributed by atoms with Gasteiger partial charge in [-0.25, -0.2) is 10.4 Å². The van der Waals surface area contributed by atoms with E-state index in [1.54, 1.807) is 13.3 Å². The number of thiazole rings is 1. The molecular formula is C23H25N3O3S. The molecule has 3 aromatic rings. The zero-order valence-electron chi connectivity index (χ0n) is 17.1. The zero-order chi connectivity index (χ0) is 21.2. The second-order valence-electron chi connectivity index (χ2n) is 6.57. The Hall–Kier alpha value is -3.19. The number of methoxy groups -OCH3 is 1. The summed E-state index contributed by atoms with van der Waals surface area (Å²) in [6.07, 6.45) is 3.82. The average molecular weight is 424 g/mol. The van der Waals surface area contributed by atoms with E-state index in [-0.39, 0.29) is 12.3 Å². The Kier molecular flexibility index (Phi) is 7.97. The minimum atomic E-state index is -0.216. The van der Waals surface area contributed by atoms with E-state index in [4.69, 9.17) is 9.47 Å². The van der Waals surface area contributed by atoms with Crippen LogP contribution in [0.25, 0.3) is 11.3 Å². The van der Waals surface area contributed by atoms with Gasteiger partial charge >= 0.3 is 0 Å². The molecule has 30 heavy (non-hydrogen) atoms. The van der Waals surface area contributed by atoms with E-state index in [0.29, 0.717) is 18.1 Å². The summed E-state index contributed by atoms with van der Waals surface area (Å²) in [6.45, 7) is 2.77. The number of hydrogen-bond acceptors (Lipinski definition) is 6. The van der Waals surface area contributed by atoms with Crippen LogP contribution in [-0.4, -0.2) is 30.8 Å². The molecule has 1 aromatic heterocycles. The molecule has 6 nitrogen and oxygen atoms in total. The van der Waals surface area contributed by atoms with E-state index in [9.17, 15) is 4.79 Å². The van der Waals surface area contributed by atoms with Crippen molar-refractivity contribution < 1.29 is 14.3 Å². The summed E-state index contributed by atoms with van der Waals surface area (Å²) < 4.78 is 11.1. The van der Waals surface area contributed by atoms with Crippen LogP contribution < -0.4 is 14.9 Å². The molecule has 0 aliphatic carbocycles. The number of ether oxygens (including phenoxy) is 2. The number of hydrogen-bond donors (Lipinski definition) is 1. The Labute approximate surface area is 180 Å². The highest BCUT2D eigenvalue weighted by Crippen LogP contribution is 2.27. The van der Waals surface area contributed by atoms with Gasteiger partial charge in [0.2, 0.25) is 5.91 Å². The Morgan fingerprint density at radius 2 is 2.03 bits per heavy atom. The van der Waals surface area contributed by atoms with Crippen LogP contribution in [0.1, 0.15) is 30.3 Å². The minimum Gasteiger partial charge on any atom is -0.493 e. The molecule has 1 N–H and O–H groups in total. The number of nitrogens with one attached hydrogen (secondary N) is 1. The van der Waals surface area contributed by atoms with Crippen molar-refractivity contribution in [2.75, 3.05) is 13.7 Å². The van der Waals surface area contributed by atoms with E-state index in [1.165, 1.54) is 11.3 Å². The number of hydrazone groups is 1. The average Bonchev–Trinajstić information content (AvgIpc) is 3.23. The molecule has 0 saturated heterocycles. The second kappa shape index (κ2) is 11.1. The summed E-state index contributed by atoms with van der Waals surface area (Å²) in [7, 11) is 1.60. The summed E-state index contributed by atoms with van der Waals surface area (Å²) in [4.78, 5) is 16.7. The van der Waals surface area contributed by atoms with Crippen molar-refractivity contribution in [1.82, 2.24) is 10.4 Å². The van der Waals surface area contributed by atoms with Gasteiger partial charge in [-0.1, -0.05) is 43.7 Å². The van der Waals surface area contributed by atoms with Gasteiger partial charge in [-0.3, -0.25) is 4.79 Å². The predicted octanol–water partition coefficient (Wildman–Crippen LogP) is 4.69. The normalized spacial score (nSPS) is 10.9. The fourth-order valence-corrected chi connectivity index (χ4v) is 3.50. The van der Waals surface area contributed by atoms with Gasteiger partial charge in [-0.2, -0.15) is 5.10 Å². The topological polar surface area (TPSA) is 72.8 Å². The van der Waals surface area contributed by atoms with Crippen LogP contribution in [0.15, 0.2) is 59.0 Å². The standard InChI is InChI=1S/C23H25N3O3S/c1-3-4-12-29-20-11-10-17(13-21(20)28-2)15-24-26-22(27)14-23-25-19(16-30-23)18-8-6-5-7-9-18/h5-11,13,15-16H,3-4,12,14H2,1-2H3,(H,26,27)/b24-15-. The van der Waals surface area contributed by atoms with Gasteiger partial charge in [0.25, 0.3) is 0 Å². The molecule has 1 heterocycles. The first-order valence-electron chi connectivity index (χ1n) is 9.82. The molecule has 0 saturated carbocycles. The molecule has 0 fully saturated rings. The summed E-state index contributed by atoms with van der Waals surface area (Å²) in [5.41, 5.74) is 5.26. The second-order valence-corrected chi connectivity index (χ2v) is 7.52. The van der Waals surface area contributed by atoms with Crippen molar-refractivity contribution in [2.24, 2.45) is 5.10 Å². The van der Waals surface area contributed by atoms with E-state index in [0.717, 1.165) is 34.7 Å². The predicted molar refractivity (Wildman–Crippen MR) is 120 cm³/mol. The molecule has 2 aromatic carbocycles. The van der Waals surface area contributed by atoms with Crippen molar-refractivity contribution in [3.63, 3.8) is 0 Å². The monoisotopic (exact) mass is 423 g/mol. The van der Waals surface area contributed by atoms with Crippen molar-refractivity contribution in [3.05, 3.63) is 64.5 Å². The molecule has 0 atom stereocenters. The number of rotatable bonds is 10. The molecule has 7 heteroatoms. The number of benzene rings is 2. The minimum absolute atomic E-state index is 0.183. The highest BCUT2D eigenvalue weighted by atomic mass is 32.1. The molecular weight excluding hydrogens is 398 g/mol. The number of unbranched alkanes of at least 4 members (excludes halogenated alkanes) is 1. The van der Waals surface area contributed by atoms with Crippen LogP contribution in [0.3, 0.4) is 0 Å². The third-order valence-electron chi connectivity index (χ3n) is 4.28. The lowest BCUT2D eigenvalue weighted by molar-refractivity contribution is -0.120. The summed E-state index contributed by atoms with van der Waals surface area (Å²) in [5.74, 6) is 1.12. The van der Waals surface area contributed by atoms with Crippen LogP contribution in [-0.2, 0) is 11.2 Å². The third kappa shape index (κ3) is 6.15. The van der Waals surface area contributed by atoms with Gasteiger partial charge in [0, 0.05) is 10.9 Å². The fourth-order valence-electron chi connectivity index (χ4n) is 2.70. The van der Waals surface area contributed by atoms with Crippen LogP contribution in [0.2, 0.25) is 0 Å². The molecule has 0 aliphatic rings. The van der Waals surface area contributed by atoms with E-state index in [2.05, 4.69) is 22.4 Å². The molecule has 0 aliphatic heterocycles. The van der Waals surface area contributed by atoms with E-state index in [1.807, 2.05) is 53.9 Å². The quantitative estimate of drug-likeness (QED) is 0.292. The number of amides is 1. The van der Waals surface area contributed by atoms with Crippen LogP contribution >= 0.6 is 11.3 Å². The fraction of sp³-hybridized carbons (Fsp3) is 0.261. The highest BCUT2D eigenvalue weighted by molar-refractivity contribution is 7.10. The summed E-state index contributed by atoms with van der Waals surface area (Å²) in [6, 6.07) is 15.4. The Bertz CT molecular complexity index is 986. The lowest BCUT2D eigenvalue weighted by Crippen LogP contribution is -2.19.